The average Bonchev–Trinajstić information content (AvgIpc) is 2.62. The number of nitrogens with zero attached hydrogens (tertiary/aromatic N) is 2. The fourth-order valence-electron chi connectivity index (χ4n) is 1.93. The van der Waals surface area contributed by atoms with E-state index in [4.69, 9.17) is 0 Å². The van der Waals surface area contributed by atoms with E-state index in [0.717, 1.165) is 18.8 Å². The second-order valence-corrected chi connectivity index (χ2v) is 6.48. The van der Waals surface area contributed by atoms with E-state index >= 15 is 0 Å². The van der Waals surface area contributed by atoms with Crippen LogP contribution in [-0.4, -0.2) is 38.4 Å². The Kier molecular flexibility index (Phi) is 3.27. The van der Waals surface area contributed by atoms with Crippen LogP contribution in [0, 0.1) is 6.92 Å². The van der Waals surface area contributed by atoms with Crippen molar-refractivity contribution in [2.24, 2.45) is 0 Å². The molecule has 0 aromatic carbocycles. The van der Waals surface area contributed by atoms with Crippen LogP contribution >= 0.6 is 0 Å². The second-order valence-electron chi connectivity index (χ2n) is 4.01. The van der Waals surface area contributed by atoms with Gasteiger partial charge in [-0.25, -0.2) is 0 Å². The number of hydrogen-bond acceptors (Lipinski definition) is 3. The first kappa shape index (κ1) is 10.9. The van der Waals surface area contributed by atoms with E-state index in [1.165, 1.54) is 28.4 Å². The van der Waals surface area contributed by atoms with Gasteiger partial charge in [0.15, 0.2) is 0 Å². The van der Waals surface area contributed by atoms with Crippen molar-refractivity contribution in [2.45, 2.75) is 33.1 Å². The van der Waals surface area contributed by atoms with Gasteiger partial charge in [-0.3, -0.25) is 0 Å². The molecule has 4 heteroatoms. The Morgan fingerprint density at radius 3 is 2.53 bits per heavy atom. The zero-order valence-electron chi connectivity index (χ0n) is 9.25. The molecule has 0 unspecified atom stereocenters. The number of aryl methyl sites for hydroxylation is 1. The summed E-state index contributed by atoms with van der Waals surface area (Å²) in [6.07, 6.45) is 3.87. The van der Waals surface area contributed by atoms with Crippen LogP contribution in [0.2, 0.25) is 0 Å². The van der Waals surface area contributed by atoms with Crippen molar-refractivity contribution in [3.63, 3.8) is 0 Å². The van der Waals surface area contributed by atoms with Crippen LogP contribution in [0.5, 0.6) is 0 Å². The van der Waals surface area contributed by atoms with Gasteiger partial charge in [-0.2, -0.15) is 0 Å². The molecule has 0 saturated carbocycles. The van der Waals surface area contributed by atoms with Crippen molar-refractivity contribution >= 4 is 25.0 Å². The molecular weight excluding hydrogens is 255 g/mol. The van der Waals surface area contributed by atoms with Gasteiger partial charge in [0.25, 0.3) is 0 Å². The molecule has 1 aromatic rings. The van der Waals surface area contributed by atoms with Crippen LogP contribution in [0.25, 0.3) is 0 Å². The van der Waals surface area contributed by atoms with Gasteiger partial charge in [0.05, 0.1) is 0 Å². The first-order chi connectivity index (χ1) is 7.18. The van der Waals surface area contributed by atoms with Crippen LogP contribution in [0.15, 0.2) is 0 Å². The van der Waals surface area contributed by atoms with Crippen LogP contribution in [-0.2, 0) is 0 Å². The van der Waals surface area contributed by atoms with Crippen molar-refractivity contribution in [1.82, 2.24) is 4.98 Å². The molecule has 0 aliphatic carbocycles. The number of ketones is 1. The van der Waals surface area contributed by atoms with E-state index in [1.54, 1.807) is 6.92 Å². The van der Waals surface area contributed by atoms with Crippen LogP contribution in [0.4, 0.5) is 4.69 Å². The first-order valence-electron chi connectivity index (χ1n) is 5.42. The van der Waals surface area contributed by atoms with E-state index in [-0.39, 0.29) is 5.78 Å². The van der Waals surface area contributed by atoms with Crippen molar-refractivity contribution in [1.29, 1.82) is 0 Å². The van der Waals surface area contributed by atoms with Crippen molar-refractivity contribution in [2.75, 3.05) is 18.0 Å². The molecule has 0 N–H and O–H groups in total. The predicted octanol–water partition coefficient (Wildman–Crippen LogP) is 1.64. The Morgan fingerprint density at radius 1 is 1.33 bits per heavy atom. The summed E-state index contributed by atoms with van der Waals surface area (Å²) in [4.78, 5) is 18.2. The Labute approximate surface area is 96.2 Å². The van der Waals surface area contributed by atoms with Gasteiger partial charge < -0.3 is 0 Å². The number of rotatable bonds is 2. The van der Waals surface area contributed by atoms with Gasteiger partial charge in [0.1, 0.15) is 0 Å². The van der Waals surface area contributed by atoms with Gasteiger partial charge in [0.2, 0.25) is 0 Å². The normalized spacial score (nSPS) is 16.8. The Hall–Kier alpha value is -0.601. The molecule has 0 spiro atoms. The van der Waals surface area contributed by atoms with Crippen molar-refractivity contribution < 1.29 is 4.79 Å². The van der Waals surface area contributed by atoms with Crippen LogP contribution in [0.1, 0.15) is 41.1 Å². The number of aromatic nitrogens is 1. The van der Waals surface area contributed by atoms with Gasteiger partial charge in [-0.15, -0.1) is 0 Å². The molecule has 0 radical (unpaired) electrons. The van der Waals surface area contributed by atoms with E-state index in [0.29, 0.717) is 14.5 Å². The fourth-order valence-corrected chi connectivity index (χ4v) is 4.05. The van der Waals surface area contributed by atoms with E-state index in [2.05, 4.69) is 9.88 Å². The SMILES string of the molecule is CC(=O)c1nc(N2CCCCC2)[se]c1C. The third-order valence-corrected chi connectivity index (χ3v) is 4.91. The molecule has 1 aliphatic rings. The number of carbonyl (C=O) groups excluding carboxylic acids is 1. The summed E-state index contributed by atoms with van der Waals surface area (Å²) in [5.74, 6) is 0.112. The number of hydrogen-bond donors (Lipinski definition) is 0. The zero-order chi connectivity index (χ0) is 10.8. The topological polar surface area (TPSA) is 33.2 Å². The monoisotopic (exact) mass is 272 g/mol. The van der Waals surface area contributed by atoms with Crippen molar-refractivity contribution in [3.8, 4) is 0 Å². The summed E-state index contributed by atoms with van der Waals surface area (Å²) in [6, 6.07) is 0. The Balaban J connectivity index is 2.21. The molecule has 1 saturated heterocycles. The van der Waals surface area contributed by atoms with Gasteiger partial charge in [-0.1, -0.05) is 0 Å². The summed E-state index contributed by atoms with van der Waals surface area (Å²) in [5, 5.41) is 0. The van der Waals surface area contributed by atoms with Crippen molar-refractivity contribution in [3.05, 3.63) is 10.1 Å². The average molecular weight is 271 g/mol. The molecule has 2 rings (SSSR count). The number of carbonyl (C=O) groups is 1. The number of anilines is 1. The van der Waals surface area contributed by atoms with Crippen LogP contribution in [0.3, 0.4) is 0 Å². The van der Waals surface area contributed by atoms with E-state index in [9.17, 15) is 4.79 Å². The molecule has 82 valence electrons. The molecule has 3 nitrogen and oxygen atoms in total. The van der Waals surface area contributed by atoms with Gasteiger partial charge >= 0.3 is 96.0 Å². The quantitative estimate of drug-likeness (QED) is 0.605. The summed E-state index contributed by atoms with van der Waals surface area (Å²) in [7, 11) is 0. The zero-order valence-corrected chi connectivity index (χ0v) is 11.0. The number of piperidine rings is 1. The maximum absolute atomic E-state index is 11.3. The number of Topliss-reactive ketones (excluding diaryl/α,β-unsaturated/α-hetero) is 1. The molecular formula is C11H16N2OSe. The molecule has 2 heterocycles. The minimum absolute atomic E-state index is 0.112. The molecule has 1 aromatic heterocycles. The first-order valence-corrected chi connectivity index (χ1v) is 7.13. The summed E-state index contributed by atoms with van der Waals surface area (Å²) < 4.78 is 2.36. The summed E-state index contributed by atoms with van der Waals surface area (Å²) in [6.45, 7) is 5.90. The van der Waals surface area contributed by atoms with Gasteiger partial charge in [0, 0.05) is 0 Å². The fraction of sp³-hybridized carbons (Fsp3) is 0.636. The summed E-state index contributed by atoms with van der Waals surface area (Å²) in [5.41, 5.74) is 0.718. The Bertz CT molecular complexity index is 367. The molecule has 0 bridgehead atoms. The van der Waals surface area contributed by atoms with E-state index in [1.807, 2.05) is 6.92 Å². The second kappa shape index (κ2) is 4.50. The maximum atomic E-state index is 11.3. The standard InChI is InChI=1S/C11H16N2OSe/c1-8(14)10-9(2)15-11(12-10)13-6-4-3-5-7-13/h3-7H2,1-2H3. The van der Waals surface area contributed by atoms with Gasteiger partial charge in [-0.05, 0) is 0 Å². The molecule has 0 amide bonds. The third kappa shape index (κ3) is 2.32. The summed E-state index contributed by atoms with van der Waals surface area (Å²) >= 11 is 0.290. The predicted molar refractivity (Wildman–Crippen MR) is 62.0 cm³/mol. The van der Waals surface area contributed by atoms with Crippen LogP contribution < -0.4 is 4.90 Å². The molecule has 1 fully saturated rings. The van der Waals surface area contributed by atoms with E-state index < -0.39 is 0 Å². The third-order valence-electron chi connectivity index (χ3n) is 2.75. The molecule has 0 atom stereocenters. The molecule has 15 heavy (non-hydrogen) atoms. The Morgan fingerprint density at radius 2 is 2.00 bits per heavy atom. The minimum atomic E-state index is 0.112. The molecule has 1 aliphatic heterocycles.